The number of carbonyl (C=O) groups excluding carboxylic acids is 2. The third-order valence-corrected chi connectivity index (χ3v) is 5.47. The average Bonchev–Trinajstić information content (AvgIpc) is 3.31. The average molecular weight is 442 g/mol. The Hall–Kier alpha value is -4.60. The third-order valence-electron chi connectivity index (χ3n) is 5.47. The normalized spacial score (nSPS) is 15.0. The number of fused-ring (bicyclic) bond motifs is 3. The van der Waals surface area contributed by atoms with Gasteiger partial charge in [-0.25, -0.2) is 4.98 Å². The highest BCUT2D eigenvalue weighted by molar-refractivity contribution is 6.05. The molecule has 2 amide bonds. The molecule has 1 aliphatic rings. The van der Waals surface area contributed by atoms with Gasteiger partial charge in [0.15, 0.2) is 0 Å². The van der Waals surface area contributed by atoms with Crippen LogP contribution in [0.5, 0.6) is 0 Å². The minimum Gasteiger partial charge on any atom is -0.326 e. The molecule has 0 unspecified atom stereocenters. The molecule has 2 aromatic carbocycles. The molecule has 10 heteroatoms. The maximum atomic E-state index is 13.4. The summed E-state index contributed by atoms with van der Waals surface area (Å²) in [5, 5.41) is 13.5. The molecule has 0 spiro atoms. The van der Waals surface area contributed by atoms with Crippen molar-refractivity contribution in [2.24, 2.45) is 0 Å². The first kappa shape index (κ1) is 20.3. The molecule has 1 aliphatic heterocycles. The topological polar surface area (TPSA) is 123 Å². The second-order valence-electron chi connectivity index (χ2n) is 7.59. The van der Waals surface area contributed by atoms with E-state index >= 15 is 0 Å². The number of nitro benzene ring substituents is 1. The van der Waals surface area contributed by atoms with Crippen molar-refractivity contribution in [3.8, 4) is 0 Å². The van der Waals surface area contributed by atoms with Gasteiger partial charge in [0.05, 0.1) is 34.6 Å². The molecule has 0 saturated heterocycles. The summed E-state index contributed by atoms with van der Waals surface area (Å²) in [5.41, 5.74) is 2.54. The van der Waals surface area contributed by atoms with E-state index in [0.29, 0.717) is 17.3 Å². The molecule has 4 aromatic rings. The van der Waals surface area contributed by atoms with Gasteiger partial charge in [0.2, 0.25) is 11.9 Å². The van der Waals surface area contributed by atoms with Gasteiger partial charge in [-0.15, -0.1) is 0 Å². The smallest absolute Gasteiger partial charge is 0.269 e. The highest BCUT2D eigenvalue weighted by atomic mass is 16.6. The summed E-state index contributed by atoms with van der Waals surface area (Å²) in [4.78, 5) is 47.0. The van der Waals surface area contributed by atoms with Gasteiger partial charge in [0.1, 0.15) is 6.04 Å². The van der Waals surface area contributed by atoms with Crippen LogP contribution < -0.4 is 10.2 Å². The number of benzene rings is 2. The molecule has 0 saturated carbocycles. The zero-order valence-electron chi connectivity index (χ0n) is 17.3. The number of anilines is 2. The summed E-state index contributed by atoms with van der Waals surface area (Å²) >= 11 is 0. The van der Waals surface area contributed by atoms with E-state index in [2.05, 4.69) is 15.3 Å². The maximum absolute atomic E-state index is 13.4. The predicted octanol–water partition coefficient (Wildman–Crippen LogP) is 3.46. The van der Waals surface area contributed by atoms with Crippen LogP contribution in [0.1, 0.15) is 18.2 Å². The Morgan fingerprint density at radius 2 is 1.82 bits per heavy atom. The Kier molecular flexibility index (Phi) is 5.02. The third kappa shape index (κ3) is 3.78. The Morgan fingerprint density at radius 3 is 2.55 bits per heavy atom. The van der Waals surface area contributed by atoms with Crippen LogP contribution in [-0.4, -0.2) is 31.3 Å². The largest absolute Gasteiger partial charge is 0.326 e. The van der Waals surface area contributed by atoms with E-state index in [9.17, 15) is 19.7 Å². The first-order chi connectivity index (χ1) is 16.0. The molecule has 2 aromatic heterocycles. The van der Waals surface area contributed by atoms with Gasteiger partial charge in [-0.2, -0.15) is 0 Å². The number of nitro groups is 1. The number of pyridine rings is 1. The van der Waals surface area contributed by atoms with Crippen molar-refractivity contribution >= 4 is 40.2 Å². The van der Waals surface area contributed by atoms with Gasteiger partial charge in [0, 0.05) is 24.0 Å². The number of hydrogen-bond acceptors (Lipinski definition) is 6. The number of carbonyl (C=O) groups is 2. The summed E-state index contributed by atoms with van der Waals surface area (Å²) < 4.78 is 1.79. The second-order valence-corrected chi connectivity index (χ2v) is 7.59. The number of non-ortho nitro benzene ring substituents is 1. The molecule has 10 nitrogen and oxygen atoms in total. The van der Waals surface area contributed by atoms with Gasteiger partial charge in [-0.1, -0.05) is 18.2 Å². The van der Waals surface area contributed by atoms with Gasteiger partial charge in [-0.3, -0.25) is 34.2 Å². The molecule has 0 fully saturated rings. The number of nitrogens with one attached hydrogen (secondary N) is 1. The Balaban J connectivity index is 1.43. The summed E-state index contributed by atoms with van der Waals surface area (Å²) in [6.07, 6.45) is 1.55. The molecule has 0 bridgehead atoms. The minimum atomic E-state index is -0.769. The van der Waals surface area contributed by atoms with Crippen molar-refractivity contribution in [3.63, 3.8) is 0 Å². The lowest BCUT2D eigenvalue weighted by Gasteiger charge is -2.15. The van der Waals surface area contributed by atoms with E-state index in [1.54, 1.807) is 21.7 Å². The number of hydrogen-bond donors (Lipinski definition) is 1. The van der Waals surface area contributed by atoms with Gasteiger partial charge in [0.25, 0.3) is 11.6 Å². The molecule has 1 atom stereocenters. The maximum Gasteiger partial charge on any atom is 0.269 e. The fourth-order valence-corrected chi connectivity index (χ4v) is 3.95. The number of nitrogens with zero attached hydrogens (tertiary/aromatic N) is 5. The molecule has 0 aliphatic carbocycles. The fourth-order valence-electron chi connectivity index (χ4n) is 3.95. The Morgan fingerprint density at radius 1 is 1.06 bits per heavy atom. The molecular formula is C23H18N6O4. The zero-order chi connectivity index (χ0) is 22.9. The first-order valence-corrected chi connectivity index (χ1v) is 10.2. The van der Waals surface area contributed by atoms with Crippen molar-refractivity contribution in [1.29, 1.82) is 0 Å². The SMILES string of the molecule is O=C(C[C@H]1C(=O)N(Cc2ccccn2)c2nc3ccccc3n21)Nc1ccc([N+](=O)[O-])cc1. The number of rotatable bonds is 6. The number of imidazole rings is 1. The predicted molar refractivity (Wildman–Crippen MR) is 121 cm³/mol. The molecule has 5 rings (SSSR count). The van der Waals surface area contributed by atoms with Crippen LogP contribution in [0.15, 0.2) is 72.9 Å². The monoisotopic (exact) mass is 442 g/mol. The second kappa shape index (κ2) is 8.15. The standard InChI is InChI=1S/C23H18N6O4/c30-21(25-15-8-10-17(11-9-15)29(32)33)13-20-22(31)27(14-16-5-3-4-12-24-16)23-26-18-6-1-2-7-19(18)28(20)23/h1-12,20H,13-14H2,(H,25,30)/t20-/m0/s1. The van der Waals surface area contributed by atoms with E-state index in [1.165, 1.54) is 24.3 Å². The molecular weight excluding hydrogens is 424 g/mol. The number of amides is 2. The molecule has 33 heavy (non-hydrogen) atoms. The summed E-state index contributed by atoms with van der Waals surface area (Å²) in [5.74, 6) is -0.154. The first-order valence-electron chi connectivity index (χ1n) is 10.2. The summed E-state index contributed by atoms with van der Waals surface area (Å²) in [7, 11) is 0. The van der Waals surface area contributed by atoms with Crippen molar-refractivity contribution in [2.75, 3.05) is 10.2 Å². The van der Waals surface area contributed by atoms with Crippen LogP contribution in [0.3, 0.4) is 0 Å². The Labute approximate surface area is 187 Å². The van der Waals surface area contributed by atoms with Crippen molar-refractivity contribution in [1.82, 2.24) is 14.5 Å². The summed E-state index contributed by atoms with van der Waals surface area (Å²) in [6.45, 7) is 0.240. The van der Waals surface area contributed by atoms with Crippen molar-refractivity contribution in [2.45, 2.75) is 19.0 Å². The van der Waals surface area contributed by atoms with Crippen LogP contribution in [-0.2, 0) is 16.1 Å². The van der Waals surface area contributed by atoms with Crippen molar-refractivity contribution in [3.05, 3.63) is 88.7 Å². The molecule has 3 heterocycles. The highest BCUT2D eigenvalue weighted by Crippen LogP contribution is 2.37. The number of aromatic nitrogens is 3. The van der Waals surface area contributed by atoms with Gasteiger partial charge < -0.3 is 5.32 Å². The van der Waals surface area contributed by atoms with Gasteiger partial charge in [-0.05, 0) is 36.4 Å². The van der Waals surface area contributed by atoms with E-state index in [4.69, 9.17) is 0 Å². The van der Waals surface area contributed by atoms with Crippen LogP contribution in [0.4, 0.5) is 17.3 Å². The van der Waals surface area contributed by atoms with Crippen LogP contribution in [0, 0.1) is 10.1 Å². The van der Waals surface area contributed by atoms with Crippen LogP contribution in [0.2, 0.25) is 0 Å². The minimum absolute atomic E-state index is 0.0707. The molecule has 1 N–H and O–H groups in total. The van der Waals surface area contributed by atoms with E-state index in [0.717, 1.165) is 11.0 Å². The molecule has 164 valence electrons. The molecule has 0 radical (unpaired) electrons. The lowest BCUT2D eigenvalue weighted by molar-refractivity contribution is -0.384. The summed E-state index contributed by atoms with van der Waals surface area (Å²) in [6, 6.07) is 17.7. The highest BCUT2D eigenvalue weighted by Gasteiger charge is 2.41. The van der Waals surface area contributed by atoms with Crippen LogP contribution >= 0.6 is 0 Å². The number of para-hydroxylation sites is 2. The Bertz CT molecular complexity index is 1370. The van der Waals surface area contributed by atoms with E-state index in [-0.39, 0.29) is 30.5 Å². The van der Waals surface area contributed by atoms with Crippen LogP contribution in [0.25, 0.3) is 11.0 Å². The zero-order valence-corrected chi connectivity index (χ0v) is 17.3. The van der Waals surface area contributed by atoms with Gasteiger partial charge >= 0.3 is 0 Å². The van der Waals surface area contributed by atoms with Crippen molar-refractivity contribution < 1.29 is 14.5 Å². The lowest BCUT2D eigenvalue weighted by atomic mass is 10.1. The lowest BCUT2D eigenvalue weighted by Crippen LogP contribution is -2.31. The van der Waals surface area contributed by atoms with E-state index < -0.39 is 11.0 Å². The fraction of sp³-hybridized carbons (Fsp3) is 0.130. The quantitative estimate of drug-likeness (QED) is 0.360. The van der Waals surface area contributed by atoms with E-state index in [1.807, 2.05) is 36.4 Å².